The molecule has 2 atom stereocenters. The third kappa shape index (κ3) is 2.90. The summed E-state index contributed by atoms with van der Waals surface area (Å²) in [6.07, 6.45) is 9.30. The van der Waals surface area contributed by atoms with Gasteiger partial charge in [0, 0.05) is 37.0 Å². The number of benzene rings is 2. The Labute approximate surface area is 213 Å². The summed E-state index contributed by atoms with van der Waals surface area (Å²) in [5.41, 5.74) is 12.0. The van der Waals surface area contributed by atoms with Crippen LogP contribution in [0.5, 0.6) is 0 Å². The van der Waals surface area contributed by atoms with Crippen LogP contribution in [0.2, 0.25) is 0 Å². The van der Waals surface area contributed by atoms with E-state index in [4.69, 9.17) is 10.7 Å². The molecule has 4 heterocycles. The molecule has 2 bridgehead atoms. The Balaban J connectivity index is 1.29. The zero-order chi connectivity index (χ0) is 25.1. The molecule has 2 aromatic carbocycles. The number of halogens is 1. The van der Waals surface area contributed by atoms with Crippen molar-refractivity contribution < 1.29 is 9.18 Å². The number of nitrogens with two attached hydrogens (primary N) is 1. The average Bonchev–Trinajstić information content (AvgIpc) is 3.58. The molecule has 0 unspecified atom stereocenters. The van der Waals surface area contributed by atoms with Crippen LogP contribution in [0.4, 0.5) is 4.39 Å². The van der Waals surface area contributed by atoms with E-state index >= 15 is 4.39 Å². The lowest BCUT2D eigenvalue weighted by molar-refractivity contribution is 0.0734. The summed E-state index contributed by atoms with van der Waals surface area (Å²) in [4.78, 5) is 29.4. The number of carbonyl (C=O) groups is 1. The molecular formula is C29H27FN6O. The summed E-state index contributed by atoms with van der Waals surface area (Å²) in [7, 11) is 1.84. The van der Waals surface area contributed by atoms with Crippen LogP contribution < -0.4 is 5.73 Å². The van der Waals surface area contributed by atoms with Gasteiger partial charge in [-0.25, -0.2) is 19.3 Å². The Kier molecular flexibility index (Phi) is 4.18. The monoisotopic (exact) mass is 494 g/mol. The largest absolute Gasteiger partial charge is 0.331 e. The van der Waals surface area contributed by atoms with Crippen LogP contribution in [0.3, 0.4) is 0 Å². The van der Waals surface area contributed by atoms with Crippen molar-refractivity contribution in [2.24, 2.45) is 5.73 Å². The van der Waals surface area contributed by atoms with Crippen molar-refractivity contribution >= 4 is 16.9 Å². The van der Waals surface area contributed by atoms with E-state index in [0.717, 1.165) is 71.2 Å². The summed E-state index contributed by atoms with van der Waals surface area (Å²) in [5.74, 6) is 1.51. The number of hydrogen-bond donors (Lipinski definition) is 1. The van der Waals surface area contributed by atoms with Gasteiger partial charge in [-0.1, -0.05) is 6.07 Å². The van der Waals surface area contributed by atoms with E-state index in [0.29, 0.717) is 17.8 Å². The maximum absolute atomic E-state index is 15.2. The minimum atomic E-state index is -0.393. The van der Waals surface area contributed by atoms with Gasteiger partial charge < -0.3 is 15.2 Å². The Morgan fingerprint density at radius 3 is 2.51 bits per heavy atom. The van der Waals surface area contributed by atoms with Gasteiger partial charge in [0.25, 0.3) is 5.91 Å². The summed E-state index contributed by atoms with van der Waals surface area (Å²) in [6.45, 7) is 0. The van der Waals surface area contributed by atoms with Gasteiger partial charge in [-0.05, 0) is 79.0 Å². The first-order valence-corrected chi connectivity index (χ1v) is 13.2. The summed E-state index contributed by atoms with van der Waals surface area (Å²) < 4.78 is 17.5. The molecule has 8 heteroatoms. The molecular weight excluding hydrogens is 467 g/mol. The van der Waals surface area contributed by atoms with E-state index < -0.39 is 5.54 Å². The van der Waals surface area contributed by atoms with Crippen LogP contribution in [0.1, 0.15) is 89.7 Å². The first kappa shape index (κ1) is 21.4. The number of fused-ring (bicyclic) bond motifs is 9. The van der Waals surface area contributed by atoms with E-state index in [1.54, 1.807) is 11.0 Å². The third-order valence-electron chi connectivity index (χ3n) is 9.02. The first-order valence-electron chi connectivity index (χ1n) is 13.2. The Morgan fingerprint density at radius 1 is 1.03 bits per heavy atom. The van der Waals surface area contributed by atoms with Crippen molar-refractivity contribution in [2.45, 2.75) is 62.1 Å². The predicted octanol–water partition coefficient (Wildman–Crippen LogP) is 4.97. The Hall–Kier alpha value is -3.65. The maximum atomic E-state index is 15.2. The van der Waals surface area contributed by atoms with E-state index in [9.17, 15) is 4.79 Å². The van der Waals surface area contributed by atoms with Crippen LogP contribution >= 0.6 is 0 Å². The highest BCUT2D eigenvalue weighted by Gasteiger charge is 2.46. The zero-order valence-corrected chi connectivity index (χ0v) is 20.6. The highest BCUT2D eigenvalue weighted by molar-refractivity contribution is 5.97. The molecule has 8 rings (SSSR count). The molecule has 2 aromatic heterocycles. The van der Waals surface area contributed by atoms with E-state index in [-0.39, 0.29) is 29.7 Å². The number of amides is 1. The van der Waals surface area contributed by atoms with Gasteiger partial charge in [0.1, 0.15) is 17.5 Å². The zero-order valence-electron chi connectivity index (χ0n) is 20.6. The summed E-state index contributed by atoms with van der Waals surface area (Å²) in [5, 5.41) is 0. The lowest BCUT2D eigenvalue weighted by Gasteiger charge is -2.36. The lowest BCUT2D eigenvalue weighted by atomic mass is 9.77. The SMILES string of the molecule is CN1C(=O)c2ccc(F)c(C3CC3)c2[C@H]2C[C@@H]1c1nc3ccc(-c4cnc(C5(N)CCC5)nc4)cc3n12. The standard InChI is InChI=1S/C29H27FN6O/c1-35-23-12-22(25-18(27(35)37)6-7-19(30)24(25)15-3-4-15)36-21-11-16(5-8-20(21)34-26(23)36)17-13-32-28(33-14-17)29(31)9-2-10-29/h5-8,11,13-15,22-23H,2-4,9-10,12,31H2,1H3/t22-,23-/m1/s1. The van der Waals surface area contributed by atoms with Crippen LogP contribution in [0.25, 0.3) is 22.2 Å². The molecule has 0 spiro atoms. The van der Waals surface area contributed by atoms with Gasteiger partial charge in [-0.2, -0.15) is 0 Å². The predicted molar refractivity (Wildman–Crippen MR) is 136 cm³/mol. The molecule has 0 radical (unpaired) electrons. The van der Waals surface area contributed by atoms with Crippen molar-refractivity contribution in [2.75, 3.05) is 7.05 Å². The molecule has 7 nitrogen and oxygen atoms in total. The molecule has 2 fully saturated rings. The van der Waals surface area contributed by atoms with Crippen LogP contribution in [-0.4, -0.2) is 37.4 Å². The second-order valence-corrected chi connectivity index (χ2v) is 11.2. The molecule has 1 amide bonds. The second kappa shape index (κ2) is 7.22. The fourth-order valence-electron chi connectivity index (χ4n) is 6.64. The topological polar surface area (TPSA) is 89.9 Å². The Morgan fingerprint density at radius 2 is 1.81 bits per heavy atom. The van der Waals surface area contributed by atoms with Crippen molar-refractivity contribution in [1.29, 1.82) is 0 Å². The minimum Gasteiger partial charge on any atom is -0.331 e. The Bertz CT molecular complexity index is 1620. The number of imidazole rings is 1. The number of rotatable bonds is 3. The lowest BCUT2D eigenvalue weighted by Crippen LogP contribution is -2.44. The van der Waals surface area contributed by atoms with Gasteiger partial charge >= 0.3 is 0 Å². The van der Waals surface area contributed by atoms with Crippen LogP contribution in [-0.2, 0) is 5.54 Å². The van der Waals surface area contributed by atoms with E-state index in [2.05, 4.69) is 20.6 Å². The highest BCUT2D eigenvalue weighted by Crippen LogP contribution is 2.53. The average molecular weight is 495 g/mol. The quantitative estimate of drug-likeness (QED) is 0.434. The number of nitrogens with zero attached hydrogens (tertiary/aromatic N) is 5. The van der Waals surface area contributed by atoms with Crippen molar-refractivity contribution in [3.63, 3.8) is 0 Å². The first-order chi connectivity index (χ1) is 17.9. The normalized spacial score (nSPS) is 23.5. The third-order valence-corrected chi connectivity index (χ3v) is 9.02. The van der Waals surface area contributed by atoms with Crippen LogP contribution in [0.15, 0.2) is 42.7 Å². The van der Waals surface area contributed by atoms with Crippen molar-refractivity contribution in [3.05, 3.63) is 76.9 Å². The van der Waals surface area contributed by atoms with E-state index in [1.165, 1.54) is 6.07 Å². The van der Waals surface area contributed by atoms with Gasteiger partial charge in [-0.3, -0.25) is 4.79 Å². The van der Waals surface area contributed by atoms with Gasteiger partial charge in [0.05, 0.1) is 28.7 Å². The van der Waals surface area contributed by atoms with Gasteiger partial charge in [-0.15, -0.1) is 0 Å². The maximum Gasteiger partial charge on any atom is 0.254 e. The van der Waals surface area contributed by atoms with Crippen molar-refractivity contribution in [3.8, 4) is 11.1 Å². The fraction of sp³-hybridized carbons (Fsp3) is 0.379. The second-order valence-electron chi connectivity index (χ2n) is 11.2. The van der Waals surface area contributed by atoms with Crippen LogP contribution in [0, 0.1) is 5.82 Å². The molecule has 4 aliphatic rings. The number of carbonyl (C=O) groups excluding carboxylic acids is 1. The fourth-order valence-corrected chi connectivity index (χ4v) is 6.64. The molecule has 2 N–H and O–H groups in total. The van der Waals surface area contributed by atoms with Gasteiger partial charge in [0.15, 0.2) is 0 Å². The molecule has 37 heavy (non-hydrogen) atoms. The van der Waals surface area contributed by atoms with E-state index in [1.807, 2.05) is 31.6 Å². The highest BCUT2D eigenvalue weighted by atomic mass is 19.1. The molecule has 2 saturated carbocycles. The molecule has 2 aliphatic carbocycles. The summed E-state index contributed by atoms with van der Waals surface area (Å²) in [6, 6.07) is 9.04. The smallest absolute Gasteiger partial charge is 0.254 e. The molecule has 186 valence electrons. The molecule has 4 aromatic rings. The molecule has 0 saturated heterocycles. The molecule has 2 aliphatic heterocycles. The van der Waals surface area contributed by atoms with Crippen molar-refractivity contribution in [1.82, 2.24) is 24.4 Å². The number of aromatic nitrogens is 4. The minimum absolute atomic E-state index is 0.0511. The van der Waals surface area contributed by atoms with Gasteiger partial charge in [0.2, 0.25) is 0 Å². The summed E-state index contributed by atoms with van der Waals surface area (Å²) >= 11 is 0. The number of hydrogen-bond acceptors (Lipinski definition) is 5.